The van der Waals surface area contributed by atoms with Gasteiger partial charge in [0.25, 0.3) is 0 Å². The van der Waals surface area contributed by atoms with E-state index in [1.54, 1.807) is 6.92 Å². The summed E-state index contributed by atoms with van der Waals surface area (Å²) in [4.78, 5) is 10.6. The third-order valence-corrected chi connectivity index (χ3v) is 3.98. The SMILES string of the molecule is CC(=C(F)C=O)c1ccc2c(c1)c(C)c(C)n2C(C)C. The lowest BCUT2D eigenvalue weighted by molar-refractivity contribution is -0.106. The molecule has 0 aliphatic heterocycles. The summed E-state index contributed by atoms with van der Waals surface area (Å²) < 4.78 is 15.7. The predicted octanol–water partition coefficient (Wildman–Crippen LogP) is 4.74. The first-order valence-electron chi connectivity index (χ1n) is 6.81. The third-order valence-electron chi connectivity index (χ3n) is 3.98. The van der Waals surface area contributed by atoms with E-state index in [9.17, 15) is 9.18 Å². The van der Waals surface area contributed by atoms with Gasteiger partial charge in [0.2, 0.25) is 0 Å². The van der Waals surface area contributed by atoms with Gasteiger partial charge < -0.3 is 4.57 Å². The molecule has 2 aromatic rings. The van der Waals surface area contributed by atoms with E-state index in [4.69, 9.17) is 0 Å². The monoisotopic (exact) mass is 273 g/mol. The zero-order chi connectivity index (χ0) is 15.0. The molecule has 0 saturated carbocycles. The van der Waals surface area contributed by atoms with Crippen molar-refractivity contribution in [2.24, 2.45) is 0 Å². The second kappa shape index (κ2) is 5.23. The molecule has 20 heavy (non-hydrogen) atoms. The minimum Gasteiger partial charge on any atom is -0.342 e. The summed E-state index contributed by atoms with van der Waals surface area (Å²) >= 11 is 0. The van der Waals surface area contributed by atoms with Crippen molar-refractivity contribution in [1.82, 2.24) is 4.57 Å². The molecule has 0 aliphatic rings. The summed E-state index contributed by atoms with van der Waals surface area (Å²) in [7, 11) is 0. The second-order valence-corrected chi connectivity index (χ2v) is 5.50. The smallest absolute Gasteiger partial charge is 0.178 e. The van der Waals surface area contributed by atoms with E-state index in [-0.39, 0.29) is 6.29 Å². The molecule has 1 aromatic carbocycles. The van der Waals surface area contributed by atoms with Crippen molar-refractivity contribution in [1.29, 1.82) is 0 Å². The highest BCUT2D eigenvalue weighted by atomic mass is 19.1. The number of hydrogen-bond donors (Lipinski definition) is 0. The standard InChI is InChI=1S/C17H20FNO/c1-10(2)19-13(5)11(3)15-8-14(6-7-17(15)19)12(4)16(18)9-20/h6-10H,1-5H3. The molecule has 1 heterocycles. The predicted molar refractivity (Wildman–Crippen MR) is 81.6 cm³/mol. The van der Waals surface area contributed by atoms with E-state index in [0.29, 0.717) is 11.6 Å². The number of nitrogens with zero attached hydrogens (tertiary/aromatic N) is 1. The molecule has 2 rings (SSSR count). The molecule has 2 nitrogen and oxygen atoms in total. The van der Waals surface area contributed by atoms with Crippen LogP contribution in [0.4, 0.5) is 4.39 Å². The Labute approximate surface area is 118 Å². The third kappa shape index (κ3) is 2.17. The minimum absolute atomic E-state index is 0.261. The second-order valence-electron chi connectivity index (χ2n) is 5.50. The van der Waals surface area contributed by atoms with Crippen LogP contribution in [0.2, 0.25) is 0 Å². The number of aryl methyl sites for hydroxylation is 1. The van der Waals surface area contributed by atoms with Crippen molar-refractivity contribution in [3.8, 4) is 0 Å². The zero-order valence-corrected chi connectivity index (χ0v) is 12.6. The van der Waals surface area contributed by atoms with Crippen LogP contribution in [0, 0.1) is 13.8 Å². The molecule has 3 heteroatoms. The van der Waals surface area contributed by atoms with E-state index in [0.717, 1.165) is 16.5 Å². The number of carbonyl (C=O) groups is 1. The van der Waals surface area contributed by atoms with Gasteiger partial charge in [0.05, 0.1) is 0 Å². The normalized spacial score (nSPS) is 12.9. The maximum atomic E-state index is 13.4. The van der Waals surface area contributed by atoms with Crippen LogP contribution in [0.1, 0.15) is 43.6 Å². The summed E-state index contributed by atoms with van der Waals surface area (Å²) in [5.74, 6) is -0.706. The number of rotatable bonds is 3. The molecule has 0 unspecified atom stereocenters. The molecular weight excluding hydrogens is 253 g/mol. The van der Waals surface area contributed by atoms with Crippen molar-refractivity contribution in [2.45, 2.75) is 40.7 Å². The fourth-order valence-electron chi connectivity index (χ4n) is 2.73. The van der Waals surface area contributed by atoms with Crippen LogP contribution in [0.3, 0.4) is 0 Å². The Hall–Kier alpha value is -1.90. The molecule has 0 radical (unpaired) electrons. The number of aldehydes is 1. The Morgan fingerprint density at radius 3 is 2.50 bits per heavy atom. The highest BCUT2D eigenvalue weighted by Gasteiger charge is 2.14. The summed E-state index contributed by atoms with van der Waals surface area (Å²) in [6.45, 7) is 10.1. The summed E-state index contributed by atoms with van der Waals surface area (Å²) in [5.41, 5.74) is 4.72. The minimum atomic E-state index is -0.706. The van der Waals surface area contributed by atoms with Gasteiger partial charge in [-0.25, -0.2) is 4.39 Å². The number of fused-ring (bicyclic) bond motifs is 1. The molecule has 0 amide bonds. The summed E-state index contributed by atoms with van der Waals surface area (Å²) in [6.07, 6.45) is 0.261. The number of halogens is 1. The van der Waals surface area contributed by atoms with E-state index in [1.807, 2.05) is 18.2 Å². The van der Waals surface area contributed by atoms with Gasteiger partial charge in [-0.3, -0.25) is 4.79 Å². The van der Waals surface area contributed by atoms with Crippen LogP contribution < -0.4 is 0 Å². The molecule has 0 atom stereocenters. The largest absolute Gasteiger partial charge is 0.342 e. The van der Waals surface area contributed by atoms with Gasteiger partial charge in [-0.2, -0.15) is 0 Å². The zero-order valence-electron chi connectivity index (χ0n) is 12.6. The van der Waals surface area contributed by atoms with Gasteiger partial charge in [-0.15, -0.1) is 0 Å². The van der Waals surface area contributed by atoms with Crippen molar-refractivity contribution < 1.29 is 9.18 Å². The van der Waals surface area contributed by atoms with Crippen LogP contribution in [0.5, 0.6) is 0 Å². The molecule has 0 saturated heterocycles. The summed E-state index contributed by atoms with van der Waals surface area (Å²) in [6, 6.07) is 6.22. The Balaban J connectivity index is 2.74. The maximum absolute atomic E-state index is 13.4. The highest BCUT2D eigenvalue weighted by molar-refractivity contribution is 5.91. The Bertz CT molecular complexity index is 707. The van der Waals surface area contributed by atoms with Gasteiger partial charge in [0, 0.05) is 22.6 Å². The Morgan fingerprint density at radius 1 is 1.30 bits per heavy atom. The van der Waals surface area contributed by atoms with Gasteiger partial charge in [-0.1, -0.05) is 6.07 Å². The number of hydrogen-bond acceptors (Lipinski definition) is 1. The molecular formula is C17H20FNO. The molecule has 0 bridgehead atoms. The van der Waals surface area contributed by atoms with Gasteiger partial charge in [0.1, 0.15) is 0 Å². The highest BCUT2D eigenvalue weighted by Crippen LogP contribution is 2.31. The van der Waals surface area contributed by atoms with Crippen LogP contribution >= 0.6 is 0 Å². The number of allylic oxidation sites excluding steroid dienone is 2. The first kappa shape index (κ1) is 14.5. The van der Waals surface area contributed by atoms with E-state index in [1.165, 1.54) is 11.3 Å². The van der Waals surface area contributed by atoms with Crippen molar-refractivity contribution in [3.63, 3.8) is 0 Å². The van der Waals surface area contributed by atoms with Crippen molar-refractivity contribution in [3.05, 3.63) is 40.8 Å². The molecule has 1 aromatic heterocycles. The number of carbonyl (C=O) groups excluding carboxylic acids is 1. The maximum Gasteiger partial charge on any atom is 0.178 e. The number of aromatic nitrogens is 1. The van der Waals surface area contributed by atoms with Gasteiger partial charge in [-0.05, 0) is 63.5 Å². The lowest BCUT2D eigenvalue weighted by Gasteiger charge is -2.12. The van der Waals surface area contributed by atoms with Gasteiger partial charge >= 0.3 is 0 Å². The van der Waals surface area contributed by atoms with Gasteiger partial charge in [0.15, 0.2) is 12.1 Å². The quantitative estimate of drug-likeness (QED) is 0.585. The molecule has 0 fully saturated rings. The first-order valence-corrected chi connectivity index (χ1v) is 6.81. The fourth-order valence-corrected chi connectivity index (χ4v) is 2.73. The fraction of sp³-hybridized carbons (Fsp3) is 0.353. The molecule has 0 aliphatic carbocycles. The Morgan fingerprint density at radius 2 is 1.95 bits per heavy atom. The van der Waals surface area contributed by atoms with E-state index >= 15 is 0 Å². The average molecular weight is 273 g/mol. The topological polar surface area (TPSA) is 22.0 Å². The Kier molecular flexibility index (Phi) is 3.80. The van der Waals surface area contributed by atoms with Crippen LogP contribution in [-0.4, -0.2) is 10.9 Å². The van der Waals surface area contributed by atoms with Crippen LogP contribution in [0.25, 0.3) is 16.5 Å². The van der Waals surface area contributed by atoms with Crippen molar-refractivity contribution in [2.75, 3.05) is 0 Å². The van der Waals surface area contributed by atoms with Crippen LogP contribution in [0.15, 0.2) is 24.0 Å². The molecule has 0 spiro atoms. The van der Waals surface area contributed by atoms with Crippen molar-refractivity contribution >= 4 is 22.8 Å². The summed E-state index contributed by atoms with van der Waals surface area (Å²) in [5, 5.41) is 1.12. The molecule has 106 valence electrons. The van der Waals surface area contributed by atoms with Crippen LogP contribution in [-0.2, 0) is 4.79 Å². The van der Waals surface area contributed by atoms with E-state index in [2.05, 4.69) is 32.3 Å². The van der Waals surface area contributed by atoms with E-state index < -0.39 is 5.83 Å². The average Bonchev–Trinajstić information content (AvgIpc) is 2.69. The first-order chi connectivity index (χ1) is 9.38. The lowest BCUT2D eigenvalue weighted by atomic mass is 10.0. The molecule has 0 N–H and O–H groups in total. The lowest BCUT2D eigenvalue weighted by Crippen LogP contribution is -2.02. The number of benzene rings is 1.